The molecule has 4 aromatic rings. The summed E-state index contributed by atoms with van der Waals surface area (Å²) in [6, 6.07) is 7.27. The highest BCUT2D eigenvalue weighted by Gasteiger charge is 2.20. The Kier molecular flexibility index (Phi) is 3.40. The Morgan fingerprint density at radius 2 is 2.04 bits per heavy atom. The lowest BCUT2D eigenvalue weighted by Gasteiger charge is -2.09. The number of hydrogen-bond donors (Lipinski definition) is 0. The fourth-order valence-electron chi connectivity index (χ4n) is 3.55. The molecule has 0 aliphatic heterocycles. The summed E-state index contributed by atoms with van der Waals surface area (Å²) in [6.07, 6.45) is 7.88. The molecule has 3 heterocycles. The SMILES string of the molecule is O=c1c(-c2cccc(Cl)c2)cnc2c3sc4c(c3ncn12)CCCC4. The highest BCUT2D eigenvalue weighted by molar-refractivity contribution is 7.20. The van der Waals surface area contributed by atoms with Crippen molar-refractivity contribution >= 4 is 38.8 Å². The van der Waals surface area contributed by atoms with Crippen molar-refractivity contribution in [2.24, 2.45) is 0 Å². The minimum atomic E-state index is -0.118. The number of fused-ring (bicyclic) bond motifs is 5. The zero-order chi connectivity index (χ0) is 17.0. The van der Waals surface area contributed by atoms with E-state index in [1.165, 1.54) is 23.3 Å². The van der Waals surface area contributed by atoms with Crippen LogP contribution in [0.2, 0.25) is 5.02 Å². The van der Waals surface area contributed by atoms with E-state index in [1.54, 1.807) is 40.4 Å². The maximum absolute atomic E-state index is 13.0. The summed E-state index contributed by atoms with van der Waals surface area (Å²) < 4.78 is 2.57. The summed E-state index contributed by atoms with van der Waals surface area (Å²) in [6.45, 7) is 0. The third-order valence-electron chi connectivity index (χ3n) is 4.78. The quantitative estimate of drug-likeness (QED) is 0.497. The standard InChI is InChI=1S/C19H14ClN3OS/c20-12-5-3-4-11(8-12)14-9-21-18-17-16(22-10-23(18)19(14)24)13-6-1-2-7-15(13)25-17/h3-5,8-10H,1-2,6-7H2. The molecule has 0 amide bonds. The molecule has 5 rings (SSSR count). The van der Waals surface area contributed by atoms with Crippen LogP contribution in [-0.2, 0) is 12.8 Å². The summed E-state index contributed by atoms with van der Waals surface area (Å²) in [4.78, 5) is 23.6. The summed E-state index contributed by atoms with van der Waals surface area (Å²) >= 11 is 7.80. The van der Waals surface area contributed by atoms with Gasteiger partial charge in [-0.25, -0.2) is 14.4 Å². The first kappa shape index (κ1) is 15.0. The molecule has 1 aliphatic carbocycles. The Hall–Kier alpha value is -2.24. The first-order valence-electron chi connectivity index (χ1n) is 8.29. The second-order valence-electron chi connectivity index (χ2n) is 6.31. The lowest BCUT2D eigenvalue weighted by atomic mass is 9.98. The van der Waals surface area contributed by atoms with Gasteiger partial charge in [-0.15, -0.1) is 11.3 Å². The third kappa shape index (κ3) is 2.30. The van der Waals surface area contributed by atoms with Gasteiger partial charge in [-0.2, -0.15) is 0 Å². The van der Waals surface area contributed by atoms with Gasteiger partial charge >= 0.3 is 0 Å². The molecule has 0 atom stereocenters. The fraction of sp³-hybridized carbons (Fsp3) is 0.211. The van der Waals surface area contributed by atoms with Crippen molar-refractivity contribution in [2.75, 3.05) is 0 Å². The number of aryl methyl sites for hydroxylation is 2. The highest BCUT2D eigenvalue weighted by Crippen LogP contribution is 2.36. The van der Waals surface area contributed by atoms with Gasteiger partial charge in [0.05, 0.1) is 15.8 Å². The van der Waals surface area contributed by atoms with Gasteiger partial charge in [0.2, 0.25) is 0 Å². The number of halogens is 1. The molecule has 1 aromatic carbocycles. The molecule has 0 saturated heterocycles. The summed E-state index contributed by atoms with van der Waals surface area (Å²) in [5.74, 6) is 0. The molecule has 4 nitrogen and oxygen atoms in total. The van der Waals surface area contributed by atoms with E-state index < -0.39 is 0 Å². The molecule has 0 N–H and O–H groups in total. The molecule has 3 aromatic heterocycles. The van der Waals surface area contributed by atoms with Crippen LogP contribution in [0.1, 0.15) is 23.3 Å². The van der Waals surface area contributed by atoms with Crippen LogP contribution in [0.25, 0.3) is 27.0 Å². The van der Waals surface area contributed by atoms with Gasteiger partial charge in [-0.1, -0.05) is 23.7 Å². The molecule has 0 saturated carbocycles. The molecule has 0 fully saturated rings. The molecule has 0 bridgehead atoms. The Morgan fingerprint density at radius 3 is 2.92 bits per heavy atom. The molecule has 25 heavy (non-hydrogen) atoms. The van der Waals surface area contributed by atoms with E-state index in [0.29, 0.717) is 16.2 Å². The number of hydrogen-bond acceptors (Lipinski definition) is 4. The second-order valence-corrected chi connectivity index (χ2v) is 7.86. The lowest BCUT2D eigenvalue weighted by Crippen LogP contribution is -2.17. The van der Waals surface area contributed by atoms with Crippen molar-refractivity contribution in [3.05, 3.63) is 62.6 Å². The van der Waals surface area contributed by atoms with Crippen molar-refractivity contribution < 1.29 is 0 Å². The van der Waals surface area contributed by atoms with E-state index in [4.69, 9.17) is 11.6 Å². The molecule has 6 heteroatoms. The average molecular weight is 368 g/mol. The number of thiophene rings is 1. The average Bonchev–Trinajstić information content (AvgIpc) is 3.01. The van der Waals surface area contributed by atoms with Crippen molar-refractivity contribution in [3.8, 4) is 11.1 Å². The first-order valence-corrected chi connectivity index (χ1v) is 9.48. The Balaban J connectivity index is 1.79. The first-order chi connectivity index (χ1) is 12.2. The number of benzene rings is 1. The maximum atomic E-state index is 13.0. The highest BCUT2D eigenvalue weighted by atomic mass is 35.5. The minimum Gasteiger partial charge on any atom is -0.268 e. The van der Waals surface area contributed by atoms with Crippen LogP contribution in [-0.4, -0.2) is 14.4 Å². The monoisotopic (exact) mass is 367 g/mol. The molecular formula is C19H14ClN3OS. The molecular weight excluding hydrogens is 354 g/mol. The van der Waals surface area contributed by atoms with Crippen LogP contribution in [0.5, 0.6) is 0 Å². The van der Waals surface area contributed by atoms with Crippen molar-refractivity contribution in [3.63, 3.8) is 0 Å². The Labute approximate surface area is 152 Å². The van der Waals surface area contributed by atoms with Crippen molar-refractivity contribution in [1.29, 1.82) is 0 Å². The predicted molar refractivity (Wildman–Crippen MR) is 102 cm³/mol. The van der Waals surface area contributed by atoms with E-state index in [9.17, 15) is 4.79 Å². The normalized spacial score (nSPS) is 14.1. The van der Waals surface area contributed by atoms with Gasteiger partial charge in [0.25, 0.3) is 5.56 Å². The van der Waals surface area contributed by atoms with E-state index in [-0.39, 0.29) is 5.56 Å². The van der Waals surface area contributed by atoms with Crippen LogP contribution in [0.3, 0.4) is 0 Å². The van der Waals surface area contributed by atoms with E-state index in [1.807, 2.05) is 12.1 Å². The summed E-state index contributed by atoms with van der Waals surface area (Å²) in [5.41, 5.74) is 4.24. The van der Waals surface area contributed by atoms with Crippen LogP contribution in [0.4, 0.5) is 0 Å². The van der Waals surface area contributed by atoms with Gasteiger partial charge in [0, 0.05) is 16.1 Å². The largest absolute Gasteiger partial charge is 0.268 e. The van der Waals surface area contributed by atoms with E-state index in [2.05, 4.69) is 9.97 Å². The molecule has 0 unspecified atom stereocenters. The topological polar surface area (TPSA) is 47.3 Å². The van der Waals surface area contributed by atoms with Crippen LogP contribution < -0.4 is 5.56 Å². The van der Waals surface area contributed by atoms with Crippen LogP contribution in [0.15, 0.2) is 41.6 Å². The minimum absolute atomic E-state index is 0.118. The van der Waals surface area contributed by atoms with Crippen molar-refractivity contribution in [2.45, 2.75) is 25.7 Å². The van der Waals surface area contributed by atoms with Gasteiger partial charge in [0.15, 0.2) is 5.65 Å². The van der Waals surface area contributed by atoms with Gasteiger partial charge in [0.1, 0.15) is 6.33 Å². The fourth-order valence-corrected chi connectivity index (χ4v) is 5.07. The molecule has 0 radical (unpaired) electrons. The van der Waals surface area contributed by atoms with E-state index >= 15 is 0 Å². The Morgan fingerprint density at radius 1 is 1.16 bits per heavy atom. The number of rotatable bonds is 1. The maximum Gasteiger partial charge on any atom is 0.266 e. The Bertz CT molecular complexity index is 1190. The molecule has 124 valence electrons. The smallest absolute Gasteiger partial charge is 0.266 e. The second kappa shape index (κ2) is 5.64. The van der Waals surface area contributed by atoms with Crippen LogP contribution >= 0.6 is 22.9 Å². The van der Waals surface area contributed by atoms with Crippen LogP contribution in [0, 0.1) is 0 Å². The third-order valence-corrected chi connectivity index (χ3v) is 6.29. The number of aromatic nitrogens is 3. The van der Waals surface area contributed by atoms with Gasteiger partial charge in [-0.3, -0.25) is 4.79 Å². The van der Waals surface area contributed by atoms with Crippen molar-refractivity contribution in [1.82, 2.24) is 14.4 Å². The summed E-state index contributed by atoms with van der Waals surface area (Å²) in [5, 5.41) is 0.599. The number of nitrogens with zero attached hydrogens (tertiary/aromatic N) is 3. The van der Waals surface area contributed by atoms with Gasteiger partial charge in [-0.05, 0) is 48.9 Å². The lowest BCUT2D eigenvalue weighted by molar-refractivity contribution is 0.699. The summed E-state index contributed by atoms with van der Waals surface area (Å²) in [7, 11) is 0. The van der Waals surface area contributed by atoms with Gasteiger partial charge < -0.3 is 0 Å². The molecule has 1 aliphatic rings. The predicted octanol–water partition coefficient (Wildman–Crippen LogP) is 4.50. The molecule has 0 spiro atoms. The van der Waals surface area contributed by atoms with E-state index in [0.717, 1.165) is 28.6 Å². The zero-order valence-electron chi connectivity index (χ0n) is 13.3. The zero-order valence-corrected chi connectivity index (χ0v) is 14.9.